The molecule has 19 heavy (non-hydrogen) atoms. The van der Waals surface area contributed by atoms with Crippen molar-refractivity contribution in [1.82, 2.24) is 10.6 Å². The molecule has 0 radical (unpaired) electrons. The van der Waals surface area contributed by atoms with E-state index in [4.69, 9.17) is 9.84 Å². The standard InChI is InChI=1S/C12H24N2O4S/c1-9(15)7-14-10(16)8-19-6-5-13-11(17)18-12(2,3)4/h9,15H,5-8H2,1-4H3,(H,13,17)(H,14,16). The van der Waals surface area contributed by atoms with E-state index in [1.54, 1.807) is 27.7 Å². The van der Waals surface area contributed by atoms with Crippen molar-refractivity contribution < 1.29 is 19.4 Å². The number of aliphatic hydroxyl groups is 1. The highest BCUT2D eigenvalue weighted by atomic mass is 32.2. The van der Waals surface area contributed by atoms with Gasteiger partial charge in [0.25, 0.3) is 0 Å². The molecule has 112 valence electrons. The molecule has 0 aliphatic rings. The lowest BCUT2D eigenvalue weighted by atomic mass is 10.2. The van der Waals surface area contributed by atoms with Crippen molar-refractivity contribution in [3.05, 3.63) is 0 Å². The molecule has 6 nitrogen and oxygen atoms in total. The predicted molar refractivity (Wildman–Crippen MR) is 76.3 cm³/mol. The molecule has 1 atom stereocenters. The topological polar surface area (TPSA) is 87.7 Å². The molecule has 2 amide bonds. The molecule has 7 heteroatoms. The third-order valence-electron chi connectivity index (χ3n) is 1.74. The number of hydrogen-bond donors (Lipinski definition) is 3. The normalized spacial score (nSPS) is 12.7. The molecule has 0 fully saturated rings. The number of amides is 2. The van der Waals surface area contributed by atoms with Gasteiger partial charge in [0.2, 0.25) is 5.91 Å². The van der Waals surface area contributed by atoms with Crippen LogP contribution in [0.5, 0.6) is 0 Å². The predicted octanol–water partition coefficient (Wildman–Crippen LogP) is 0.741. The number of nitrogens with one attached hydrogen (secondary N) is 2. The van der Waals surface area contributed by atoms with Crippen LogP contribution >= 0.6 is 11.8 Å². The fourth-order valence-electron chi connectivity index (χ4n) is 1.02. The Morgan fingerprint density at radius 3 is 2.47 bits per heavy atom. The Kier molecular flexibility index (Phi) is 8.58. The average Bonchev–Trinajstić information content (AvgIpc) is 2.23. The fraction of sp³-hybridized carbons (Fsp3) is 0.833. The summed E-state index contributed by atoms with van der Waals surface area (Å²) in [5.41, 5.74) is -0.502. The average molecular weight is 292 g/mol. The summed E-state index contributed by atoms with van der Waals surface area (Å²) in [6, 6.07) is 0. The van der Waals surface area contributed by atoms with Gasteiger partial charge in [-0.15, -0.1) is 0 Å². The van der Waals surface area contributed by atoms with Gasteiger partial charge in [0.05, 0.1) is 11.9 Å². The summed E-state index contributed by atoms with van der Waals surface area (Å²) in [5, 5.41) is 14.2. The van der Waals surface area contributed by atoms with Crippen LogP contribution in [0.4, 0.5) is 4.79 Å². The number of alkyl carbamates (subject to hydrolysis) is 1. The van der Waals surface area contributed by atoms with Gasteiger partial charge in [-0.2, -0.15) is 11.8 Å². The van der Waals surface area contributed by atoms with Crippen LogP contribution in [0.2, 0.25) is 0 Å². The molecule has 0 bridgehead atoms. The summed E-state index contributed by atoms with van der Waals surface area (Å²) < 4.78 is 5.06. The van der Waals surface area contributed by atoms with E-state index < -0.39 is 17.8 Å². The molecule has 0 saturated heterocycles. The van der Waals surface area contributed by atoms with Crippen LogP contribution in [-0.2, 0) is 9.53 Å². The van der Waals surface area contributed by atoms with E-state index in [0.29, 0.717) is 18.1 Å². The Labute approximate surface area is 118 Å². The second-order valence-electron chi connectivity index (χ2n) is 5.13. The van der Waals surface area contributed by atoms with E-state index in [1.807, 2.05) is 0 Å². The Bertz CT molecular complexity index is 290. The van der Waals surface area contributed by atoms with Gasteiger partial charge in [-0.05, 0) is 27.7 Å². The summed E-state index contributed by atoms with van der Waals surface area (Å²) in [6.07, 6.45) is -0.991. The summed E-state index contributed by atoms with van der Waals surface area (Å²) in [5.74, 6) is 0.813. The van der Waals surface area contributed by atoms with E-state index in [1.165, 1.54) is 11.8 Å². The van der Waals surface area contributed by atoms with E-state index >= 15 is 0 Å². The molecule has 0 saturated carbocycles. The van der Waals surface area contributed by atoms with Crippen molar-refractivity contribution in [2.45, 2.75) is 39.4 Å². The molecule has 0 aliphatic heterocycles. The molecular weight excluding hydrogens is 268 g/mol. The van der Waals surface area contributed by atoms with Gasteiger partial charge in [-0.3, -0.25) is 4.79 Å². The summed E-state index contributed by atoms with van der Waals surface area (Å²) in [4.78, 5) is 22.6. The number of carbonyl (C=O) groups is 2. The van der Waals surface area contributed by atoms with Gasteiger partial charge in [0.15, 0.2) is 0 Å². The van der Waals surface area contributed by atoms with Gasteiger partial charge >= 0.3 is 6.09 Å². The maximum Gasteiger partial charge on any atom is 0.407 e. The first-order valence-corrected chi connectivity index (χ1v) is 7.35. The number of aliphatic hydroxyl groups excluding tert-OH is 1. The lowest BCUT2D eigenvalue weighted by Gasteiger charge is -2.19. The quantitative estimate of drug-likeness (QED) is 0.602. The zero-order valence-corrected chi connectivity index (χ0v) is 12.8. The molecule has 3 N–H and O–H groups in total. The zero-order chi connectivity index (χ0) is 14.9. The maximum absolute atomic E-state index is 11.3. The smallest absolute Gasteiger partial charge is 0.407 e. The number of carbonyl (C=O) groups excluding carboxylic acids is 2. The third kappa shape index (κ3) is 13.3. The fourth-order valence-corrected chi connectivity index (χ4v) is 1.70. The van der Waals surface area contributed by atoms with Crippen LogP contribution in [0.3, 0.4) is 0 Å². The number of ether oxygens (including phenoxy) is 1. The number of hydrogen-bond acceptors (Lipinski definition) is 5. The van der Waals surface area contributed by atoms with Gasteiger partial charge in [0.1, 0.15) is 5.60 Å². The minimum Gasteiger partial charge on any atom is -0.444 e. The second-order valence-corrected chi connectivity index (χ2v) is 6.24. The van der Waals surface area contributed by atoms with Crippen LogP contribution in [0.25, 0.3) is 0 Å². The number of thioether (sulfide) groups is 1. The Morgan fingerprint density at radius 1 is 1.32 bits per heavy atom. The van der Waals surface area contributed by atoms with Crippen LogP contribution in [0, 0.1) is 0 Å². The van der Waals surface area contributed by atoms with Crippen molar-refractivity contribution in [2.75, 3.05) is 24.6 Å². The SMILES string of the molecule is CC(O)CNC(=O)CSCCNC(=O)OC(C)(C)C. The van der Waals surface area contributed by atoms with Crippen LogP contribution in [0.1, 0.15) is 27.7 Å². The number of rotatable bonds is 7. The Morgan fingerprint density at radius 2 is 1.95 bits per heavy atom. The van der Waals surface area contributed by atoms with Crippen molar-refractivity contribution >= 4 is 23.8 Å². The highest BCUT2D eigenvalue weighted by molar-refractivity contribution is 7.99. The third-order valence-corrected chi connectivity index (χ3v) is 2.70. The maximum atomic E-state index is 11.3. The molecule has 0 aromatic rings. The molecule has 0 rings (SSSR count). The first kappa shape index (κ1) is 18.0. The first-order chi connectivity index (χ1) is 8.70. The van der Waals surface area contributed by atoms with Crippen LogP contribution in [0.15, 0.2) is 0 Å². The zero-order valence-electron chi connectivity index (χ0n) is 12.0. The summed E-state index contributed by atoms with van der Waals surface area (Å²) in [7, 11) is 0. The van der Waals surface area contributed by atoms with Crippen molar-refractivity contribution in [2.24, 2.45) is 0 Å². The van der Waals surface area contributed by atoms with E-state index in [2.05, 4.69) is 10.6 Å². The highest BCUT2D eigenvalue weighted by Crippen LogP contribution is 2.06. The van der Waals surface area contributed by atoms with Gasteiger partial charge in [0, 0.05) is 18.8 Å². The lowest BCUT2D eigenvalue weighted by Crippen LogP contribution is -2.34. The second kappa shape index (κ2) is 9.03. The summed E-state index contributed by atoms with van der Waals surface area (Å²) in [6.45, 7) is 7.71. The van der Waals surface area contributed by atoms with E-state index in [0.717, 1.165) is 0 Å². The minimum atomic E-state index is -0.539. The first-order valence-electron chi connectivity index (χ1n) is 6.20. The minimum absolute atomic E-state index is 0.122. The van der Waals surface area contributed by atoms with Gasteiger partial charge in [-0.1, -0.05) is 0 Å². The van der Waals surface area contributed by atoms with Crippen molar-refractivity contribution in [3.8, 4) is 0 Å². The van der Waals surface area contributed by atoms with Gasteiger partial charge < -0.3 is 20.5 Å². The largest absolute Gasteiger partial charge is 0.444 e. The molecule has 0 heterocycles. The van der Waals surface area contributed by atoms with Crippen LogP contribution < -0.4 is 10.6 Å². The summed E-state index contributed by atoms with van der Waals surface area (Å²) >= 11 is 1.41. The van der Waals surface area contributed by atoms with Crippen molar-refractivity contribution in [3.63, 3.8) is 0 Å². The lowest BCUT2D eigenvalue weighted by molar-refractivity contribution is -0.118. The molecule has 0 aromatic carbocycles. The van der Waals surface area contributed by atoms with Crippen LogP contribution in [-0.4, -0.2) is 53.4 Å². The molecule has 0 spiro atoms. The molecule has 0 aromatic heterocycles. The molecular formula is C12H24N2O4S. The van der Waals surface area contributed by atoms with E-state index in [9.17, 15) is 9.59 Å². The molecule has 1 unspecified atom stereocenters. The highest BCUT2D eigenvalue weighted by Gasteiger charge is 2.15. The van der Waals surface area contributed by atoms with E-state index in [-0.39, 0.29) is 12.5 Å². The molecule has 0 aliphatic carbocycles. The van der Waals surface area contributed by atoms with Crippen molar-refractivity contribution in [1.29, 1.82) is 0 Å². The monoisotopic (exact) mass is 292 g/mol. The Hall–Kier alpha value is -0.950. The Balaban J connectivity index is 3.50. The van der Waals surface area contributed by atoms with Gasteiger partial charge in [-0.25, -0.2) is 4.79 Å².